The molecule has 2 aromatic carbocycles. The standard InChI is InChI=1S/C23H30N2O/c1-19(22-10-6-3-7-11-22)24-23(26)14-17-25-15-12-21(13-16-25)18-20-8-4-2-5-9-20/h2-11,19,21H,12-18H2,1H3,(H,24,26)/t19-/m1/s1. The Bertz CT molecular complexity index is 663. The summed E-state index contributed by atoms with van der Waals surface area (Å²) in [5.41, 5.74) is 2.60. The SMILES string of the molecule is C[C@@H](NC(=O)CCN1CCC(Cc2ccccc2)CC1)c1ccccc1. The van der Waals surface area contributed by atoms with Gasteiger partial charge in [-0.2, -0.15) is 0 Å². The largest absolute Gasteiger partial charge is 0.350 e. The summed E-state index contributed by atoms with van der Waals surface area (Å²) in [6.45, 7) is 5.13. The van der Waals surface area contributed by atoms with Crippen LogP contribution in [-0.4, -0.2) is 30.4 Å². The molecule has 1 N–H and O–H groups in total. The summed E-state index contributed by atoms with van der Waals surface area (Å²) in [7, 11) is 0. The summed E-state index contributed by atoms with van der Waals surface area (Å²) < 4.78 is 0. The molecule has 26 heavy (non-hydrogen) atoms. The third-order valence-electron chi connectivity index (χ3n) is 5.41. The zero-order chi connectivity index (χ0) is 18.2. The Morgan fingerprint density at radius 3 is 2.31 bits per heavy atom. The van der Waals surface area contributed by atoms with Crippen molar-refractivity contribution in [2.75, 3.05) is 19.6 Å². The number of nitrogens with zero attached hydrogens (tertiary/aromatic N) is 1. The first-order chi connectivity index (χ1) is 12.7. The van der Waals surface area contributed by atoms with E-state index in [-0.39, 0.29) is 11.9 Å². The Morgan fingerprint density at radius 1 is 1.04 bits per heavy atom. The van der Waals surface area contributed by atoms with E-state index in [9.17, 15) is 4.79 Å². The number of carbonyl (C=O) groups is 1. The number of benzene rings is 2. The molecule has 0 bridgehead atoms. The smallest absolute Gasteiger partial charge is 0.221 e. The Labute approximate surface area is 157 Å². The van der Waals surface area contributed by atoms with Gasteiger partial charge in [0.1, 0.15) is 0 Å². The first-order valence-electron chi connectivity index (χ1n) is 9.81. The van der Waals surface area contributed by atoms with Crippen molar-refractivity contribution in [2.45, 2.75) is 38.6 Å². The molecule has 1 fully saturated rings. The molecule has 1 aliphatic rings. The minimum absolute atomic E-state index is 0.0697. The van der Waals surface area contributed by atoms with Crippen LogP contribution in [0.2, 0.25) is 0 Å². The minimum atomic E-state index is 0.0697. The van der Waals surface area contributed by atoms with Crippen molar-refractivity contribution in [1.82, 2.24) is 10.2 Å². The van der Waals surface area contributed by atoms with Crippen molar-refractivity contribution >= 4 is 5.91 Å². The summed E-state index contributed by atoms with van der Waals surface area (Å²) in [5.74, 6) is 0.924. The van der Waals surface area contributed by atoms with Gasteiger partial charge in [-0.3, -0.25) is 4.79 Å². The topological polar surface area (TPSA) is 32.3 Å². The van der Waals surface area contributed by atoms with Crippen molar-refractivity contribution in [3.8, 4) is 0 Å². The lowest BCUT2D eigenvalue weighted by atomic mass is 9.90. The Hall–Kier alpha value is -2.13. The second-order valence-corrected chi connectivity index (χ2v) is 7.42. The molecule has 1 saturated heterocycles. The monoisotopic (exact) mass is 350 g/mol. The first kappa shape index (κ1) is 18.7. The number of likely N-dealkylation sites (tertiary alicyclic amines) is 1. The van der Waals surface area contributed by atoms with E-state index in [1.165, 1.54) is 24.8 Å². The number of nitrogens with one attached hydrogen (secondary N) is 1. The number of amides is 1. The van der Waals surface area contributed by atoms with Gasteiger partial charge in [-0.15, -0.1) is 0 Å². The molecule has 2 aromatic rings. The molecule has 0 spiro atoms. The average Bonchev–Trinajstić information content (AvgIpc) is 2.69. The van der Waals surface area contributed by atoms with Crippen molar-refractivity contribution in [3.63, 3.8) is 0 Å². The summed E-state index contributed by atoms with van der Waals surface area (Å²) in [6, 6.07) is 21.0. The van der Waals surface area contributed by atoms with Crippen LogP contribution in [0, 0.1) is 5.92 Å². The normalized spacial score (nSPS) is 17.0. The molecule has 1 heterocycles. The molecule has 0 aliphatic carbocycles. The van der Waals surface area contributed by atoms with Crippen LogP contribution in [0.1, 0.15) is 43.4 Å². The van der Waals surface area contributed by atoms with Crippen LogP contribution in [0.5, 0.6) is 0 Å². The number of piperidine rings is 1. The highest BCUT2D eigenvalue weighted by Gasteiger charge is 2.20. The lowest BCUT2D eigenvalue weighted by Gasteiger charge is -2.32. The maximum absolute atomic E-state index is 12.2. The minimum Gasteiger partial charge on any atom is -0.350 e. The van der Waals surface area contributed by atoms with Gasteiger partial charge in [0.2, 0.25) is 5.91 Å². The summed E-state index contributed by atoms with van der Waals surface area (Å²) in [5, 5.41) is 3.11. The molecule has 138 valence electrons. The lowest BCUT2D eigenvalue weighted by Crippen LogP contribution is -2.37. The third kappa shape index (κ3) is 5.70. The fourth-order valence-corrected chi connectivity index (χ4v) is 3.76. The van der Waals surface area contributed by atoms with E-state index >= 15 is 0 Å². The summed E-state index contributed by atoms with van der Waals surface area (Å²) in [6.07, 6.45) is 4.23. The van der Waals surface area contributed by atoms with E-state index in [0.717, 1.165) is 31.1 Å². The highest BCUT2D eigenvalue weighted by molar-refractivity contribution is 5.76. The molecule has 0 saturated carbocycles. The van der Waals surface area contributed by atoms with Crippen LogP contribution >= 0.6 is 0 Å². The maximum Gasteiger partial charge on any atom is 0.221 e. The van der Waals surface area contributed by atoms with Gasteiger partial charge in [0.05, 0.1) is 6.04 Å². The van der Waals surface area contributed by atoms with E-state index in [4.69, 9.17) is 0 Å². The van der Waals surface area contributed by atoms with E-state index in [1.807, 2.05) is 25.1 Å². The Morgan fingerprint density at radius 2 is 1.65 bits per heavy atom. The Balaban J connectivity index is 1.35. The number of carbonyl (C=O) groups excluding carboxylic acids is 1. The van der Waals surface area contributed by atoms with Gasteiger partial charge < -0.3 is 10.2 Å². The van der Waals surface area contributed by atoms with Crippen molar-refractivity contribution in [2.24, 2.45) is 5.92 Å². The number of hydrogen-bond acceptors (Lipinski definition) is 2. The predicted molar refractivity (Wildman–Crippen MR) is 107 cm³/mol. The summed E-state index contributed by atoms with van der Waals surface area (Å²) >= 11 is 0. The van der Waals surface area contributed by atoms with Gasteiger partial charge in [-0.05, 0) is 56.3 Å². The van der Waals surface area contributed by atoms with Gasteiger partial charge in [0.15, 0.2) is 0 Å². The van der Waals surface area contributed by atoms with Gasteiger partial charge in [-0.1, -0.05) is 60.7 Å². The lowest BCUT2D eigenvalue weighted by molar-refractivity contribution is -0.122. The maximum atomic E-state index is 12.2. The van der Waals surface area contributed by atoms with Crippen LogP contribution in [-0.2, 0) is 11.2 Å². The van der Waals surface area contributed by atoms with Gasteiger partial charge >= 0.3 is 0 Å². The van der Waals surface area contributed by atoms with Crippen LogP contribution in [0.3, 0.4) is 0 Å². The second kappa shape index (κ2) is 9.54. The molecule has 1 aliphatic heterocycles. The van der Waals surface area contributed by atoms with Gasteiger partial charge in [-0.25, -0.2) is 0 Å². The van der Waals surface area contributed by atoms with E-state index in [2.05, 4.69) is 52.7 Å². The highest BCUT2D eigenvalue weighted by atomic mass is 16.1. The number of hydrogen-bond donors (Lipinski definition) is 1. The molecule has 1 amide bonds. The predicted octanol–water partition coefficient (Wildman–Crippen LogP) is 4.21. The van der Waals surface area contributed by atoms with E-state index < -0.39 is 0 Å². The molecule has 3 nitrogen and oxygen atoms in total. The molecule has 0 radical (unpaired) electrons. The Kier molecular flexibility index (Phi) is 6.84. The quantitative estimate of drug-likeness (QED) is 0.811. The van der Waals surface area contributed by atoms with Gasteiger partial charge in [0, 0.05) is 13.0 Å². The third-order valence-corrected chi connectivity index (χ3v) is 5.41. The molecular weight excluding hydrogens is 320 g/mol. The van der Waals surface area contributed by atoms with Crippen molar-refractivity contribution in [1.29, 1.82) is 0 Å². The van der Waals surface area contributed by atoms with E-state index in [1.54, 1.807) is 0 Å². The first-order valence-corrected chi connectivity index (χ1v) is 9.81. The highest BCUT2D eigenvalue weighted by Crippen LogP contribution is 2.21. The molecular formula is C23H30N2O. The molecule has 0 unspecified atom stereocenters. The molecule has 0 aromatic heterocycles. The van der Waals surface area contributed by atoms with Crippen LogP contribution in [0.25, 0.3) is 0 Å². The van der Waals surface area contributed by atoms with Crippen molar-refractivity contribution in [3.05, 3.63) is 71.8 Å². The van der Waals surface area contributed by atoms with Crippen LogP contribution < -0.4 is 5.32 Å². The molecule has 1 atom stereocenters. The zero-order valence-electron chi connectivity index (χ0n) is 15.7. The second-order valence-electron chi connectivity index (χ2n) is 7.42. The molecule has 3 heteroatoms. The number of rotatable bonds is 7. The van der Waals surface area contributed by atoms with Crippen molar-refractivity contribution < 1.29 is 4.79 Å². The average molecular weight is 351 g/mol. The fourth-order valence-electron chi connectivity index (χ4n) is 3.76. The molecule has 3 rings (SSSR count). The summed E-state index contributed by atoms with van der Waals surface area (Å²) in [4.78, 5) is 14.7. The zero-order valence-corrected chi connectivity index (χ0v) is 15.7. The van der Waals surface area contributed by atoms with Gasteiger partial charge in [0.25, 0.3) is 0 Å². The van der Waals surface area contributed by atoms with Crippen LogP contribution in [0.4, 0.5) is 0 Å². The van der Waals surface area contributed by atoms with E-state index in [0.29, 0.717) is 6.42 Å². The fraction of sp³-hybridized carbons (Fsp3) is 0.435. The van der Waals surface area contributed by atoms with Crippen LogP contribution in [0.15, 0.2) is 60.7 Å².